The van der Waals surface area contributed by atoms with Gasteiger partial charge >= 0.3 is 0 Å². The van der Waals surface area contributed by atoms with Crippen LogP contribution < -0.4 is 9.80 Å². The van der Waals surface area contributed by atoms with Crippen LogP contribution >= 0.6 is 0 Å². The van der Waals surface area contributed by atoms with Crippen molar-refractivity contribution in [2.75, 3.05) is 37.0 Å². The van der Waals surface area contributed by atoms with Crippen LogP contribution in [0.3, 0.4) is 0 Å². The molecule has 4 rings (SSSR count). The standard InChI is InChI=1S/C20H28N6O/c1-13-5-14(2)23-18-11-25(10-17(13)18)19-7-20(22-12-21-19)26-9-16(27)6-15(26)8-24(3)4/h5,7,12,15-16,27H,6,8-11H2,1-4H3/t15-,16-/m1/s1. The lowest BCUT2D eigenvalue weighted by atomic mass is 10.1. The largest absolute Gasteiger partial charge is 0.391 e. The fourth-order valence-electron chi connectivity index (χ4n) is 4.31. The highest BCUT2D eigenvalue weighted by molar-refractivity contribution is 5.54. The summed E-state index contributed by atoms with van der Waals surface area (Å²) in [6, 6.07) is 4.46. The van der Waals surface area contributed by atoms with Crippen LogP contribution in [-0.4, -0.2) is 64.3 Å². The van der Waals surface area contributed by atoms with Crippen molar-refractivity contribution in [3.63, 3.8) is 0 Å². The molecular weight excluding hydrogens is 340 g/mol. The van der Waals surface area contributed by atoms with E-state index in [1.54, 1.807) is 6.33 Å². The number of anilines is 2. The number of aryl methyl sites for hydroxylation is 2. The Morgan fingerprint density at radius 1 is 1.15 bits per heavy atom. The van der Waals surface area contributed by atoms with Gasteiger partial charge < -0.3 is 19.8 Å². The Morgan fingerprint density at radius 3 is 2.70 bits per heavy atom. The van der Waals surface area contributed by atoms with E-state index in [-0.39, 0.29) is 12.1 Å². The lowest BCUT2D eigenvalue weighted by Crippen LogP contribution is -2.38. The molecule has 0 amide bonds. The number of hydrogen-bond acceptors (Lipinski definition) is 7. The van der Waals surface area contributed by atoms with Gasteiger partial charge in [0.2, 0.25) is 0 Å². The molecule has 0 bridgehead atoms. The third-order valence-electron chi connectivity index (χ3n) is 5.48. The monoisotopic (exact) mass is 368 g/mol. The van der Waals surface area contributed by atoms with Gasteiger partial charge in [0.05, 0.1) is 18.3 Å². The first-order chi connectivity index (χ1) is 12.9. The Morgan fingerprint density at radius 2 is 1.93 bits per heavy atom. The van der Waals surface area contributed by atoms with Gasteiger partial charge in [0.25, 0.3) is 0 Å². The summed E-state index contributed by atoms with van der Waals surface area (Å²) in [6.45, 7) is 7.32. The number of hydrogen-bond donors (Lipinski definition) is 1. The van der Waals surface area contributed by atoms with Crippen molar-refractivity contribution < 1.29 is 5.11 Å². The highest BCUT2D eigenvalue weighted by Crippen LogP contribution is 2.31. The van der Waals surface area contributed by atoms with Crippen molar-refractivity contribution in [3.05, 3.63) is 41.0 Å². The predicted octanol–water partition coefficient (Wildman–Crippen LogP) is 1.51. The molecule has 0 radical (unpaired) electrons. The van der Waals surface area contributed by atoms with Crippen LogP contribution in [0.15, 0.2) is 18.5 Å². The van der Waals surface area contributed by atoms with Crippen molar-refractivity contribution in [1.82, 2.24) is 19.9 Å². The minimum absolute atomic E-state index is 0.264. The maximum absolute atomic E-state index is 10.2. The zero-order valence-electron chi connectivity index (χ0n) is 16.6. The van der Waals surface area contributed by atoms with E-state index >= 15 is 0 Å². The second kappa shape index (κ2) is 7.05. The zero-order valence-corrected chi connectivity index (χ0v) is 16.6. The summed E-state index contributed by atoms with van der Waals surface area (Å²) >= 11 is 0. The average Bonchev–Trinajstić information content (AvgIpc) is 3.18. The Balaban J connectivity index is 1.58. The van der Waals surface area contributed by atoms with Crippen molar-refractivity contribution >= 4 is 11.6 Å². The van der Waals surface area contributed by atoms with E-state index in [1.165, 1.54) is 11.1 Å². The molecule has 4 heterocycles. The first-order valence-electron chi connectivity index (χ1n) is 9.53. The maximum Gasteiger partial charge on any atom is 0.134 e. The lowest BCUT2D eigenvalue weighted by Gasteiger charge is -2.28. The van der Waals surface area contributed by atoms with Gasteiger partial charge in [0.15, 0.2) is 0 Å². The van der Waals surface area contributed by atoms with Gasteiger partial charge in [-0.05, 0) is 51.6 Å². The SMILES string of the molecule is Cc1cc(C)c2c(n1)CN(c1cc(N3C[C@H](O)C[C@@H]3CN(C)C)ncn1)C2. The lowest BCUT2D eigenvalue weighted by molar-refractivity contribution is 0.191. The molecule has 2 atom stereocenters. The summed E-state index contributed by atoms with van der Waals surface area (Å²) in [4.78, 5) is 20.4. The molecule has 0 saturated carbocycles. The van der Waals surface area contributed by atoms with Gasteiger partial charge in [0.1, 0.15) is 18.0 Å². The second-order valence-corrected chi connectivity index (χ2v) is 8.05. The van der Waals surface area contributed by atoms with Crippen molar-refractivity contribution in [2.45, 2.75) is 45.5 Å². The van der Waals surface area contributed by atoms with E-state index in [1.807, 2.05) is 6.92 Å². The molecule has 7 heteroatoms. The minimum Gasteiger partial charge on any atom is -0.391 e. The molecule has 1 fully saturated rings. The Hall–Kier alpha value is -2.25. The molecular formula is C20H28N6O. The summed E-state index contributed by atoms with van der Waals surface area (Å²) in [5.74, 6) is 1.81. The van der Waals surface area contributed by atoms with Crippen molar-refractivity contribution in [2.24, 2.45) is 0 Å². The third-order valence-corrected chi connectivity index (χ3v) is 5.48. The van der Waals surface area contributed by atoms with Crippen LogP contribution in [0.2, 0.25) is 0 Å². The topological polar surface area (TPSA) is 68.6 Å². The molecule has 0 unspecified atom stereocenters. The molecule has 2 aromatic heterocycles. The molecule has 2 aliphatic rings. The number of aliphatic hydroxyl groups is 1. The van der Waals surface area contributed by atoms with E-state index in [0.717, 1.165) is 49.1 Å². The minimum atomic E-state index is -0.306. The van der Waals surface area contributed by atoms with Crippen LogP contribution in [0, 0.1) is 13.8 Å². The summed E-state index contributed by atoms with van der Waals surface area (Å²) in [6.07, 6.45) is 2.10. The summed E-state index contributed by atoms with van der Waals surface area (Å²) in [5, 5.41) is 10.2. The van der Waals surface area contributed by atoms with Gasteiger partial charge in [-0.3, -0.25) is 4.98 Å². The predicted molar refractivity (Wildman–Crippen MR) is 106 cm³/mol. The number of likely N-dealkylation sites (N-methyl/N-ethyl adjacent to an activating group) is 1. The van der Waals surface area contributed by atoms with Crippen LogP contribution in [0.5, 0.6) is 0 Å². The third kappa shape index (κ3) is 3.61. The van der Waals surface area contributed by atoms with Crippen LogP contribution in [0.25, 0.3) is 0 Å². The first kappa shape index (κ1) is 18.1. The molecule has 27 heavy (non-hydrogen) atoms. The molecule has 7 nitrogen and oxygen atoms in total. The molecule has 0 aromatic carbocycles. The fraction of sp³-hybridized carbons (Fsp3) is 0.550. The van der Waals surface area contributed by atoms with Gasteiger partial charge in [-0.15, -0.1) is 0 Å². The van der Waals surface area contributed by atoms with E-state index in [0.29, 0.717) is 6.54 Å². The number of aliphatic hydroxyl groups excluding tert-OH is 1. The Bertz CT molecular complexity index is 839. The molecule has 2 aromatic rings. The van der Waals surface area contributed by atoms with Crippen LogP contribution in [-0.2, 0) is 13.1 Å². The number of nitrogens with zero attached hydrogens (tertiary/aromatic N) is 6. The van der Waals surface area contributed by atoms with Gasteiger partial charge in [-0.2, -0.15) is 0 Å². The van der Waals surface area contributed by atoms with E-state index in [2.05, 4.69) is 57.8 Å². The van der Waals surface area contributed by atoms with Gasteiger partial charge in [-0.25, -0.2) is 9.97 Å². The summed E-state index contributed by atoms with van der Waals surface area (Å²) < 4.78 is 0. The van der Waals surface area contributed by atoms with E-state index < -0.39 is 0 Å². The van der Waals surface area contributed by atoms with Gasteiger partial charge in [0, 0.05) is 37.4 Å². The first-order valence-corrected chi connectivity index (χ1v) is 9.53. The molecule has 144 valence electrons. The quantitative estimate of drug-likeness (QED) is 0.877. The normalized spacial score (nSPS) is 22.0. The smallest absolute Gasteiger partial charge is 0.134 e. The van der Waals surface area contributed by atoms with Gasteiger partial charge in [-0.1, -0.05) is 0 Å². The molecule has 0 aliphatic carbocycles. The highest BCUT2D eigenvalue weighted by atomic mass is 16.3. The Labute approximate surface area is 160 Å². The summed E-state index contributed by atoms with van der Waals surface area (Å²) in [7, 11) is 4.13. The highest BCUT2D eigenvalue weighted by Gasteiger charge is 2.33. The van der Waals surface area contributed by atoms with Crippen LogP contribution in [0.4, 0.5) is 11.6 Å². The molecule has 1 saturated heterocycles. The van der Waals surface area contributed by atoms with E-state index in [9.17, 15) is 5.11 Å². The number of aromatic nitrogens is 3. The van der Waals surface area contributed by atoms with E-state index in [4.69, 9.17) is 4.98 Å². The summed E-state index contributed by atoms with van der Waals surface area (Å²) in [5.41, 5.74) is 4.81. The number of fused-ring (bicyclic) bond motifs is 1. The van der Waals surface area contributed by atoms with Crippen molar-refractivity contribution in [3.8, 4) is 0 Å². The van der Waals surface area contributed by atoms with Crippen LogP contribution in [0.1, 0.15) is 28.9 Å². The molecule has 2 aliphatic heterocycles. The van der Waals surface area contributed by atoms with Crippen molar-refractivity contribution in [1.29, 1.82) is 0 Å². The Kier molecular flexibility index (Phi) is 4.74. The maximum atomic E-state index is 10.2. The molecule has 0 spiro atoms. The molecule has 1 N–H and O–H groups in total. The fourth-order valence-corrected chi connectivity index (χ4v) is 4.31. The number of β-amino-alcohol motifs (C(OH)–C–C–N with tert-alkyl or cyclic N) is 1. The number of rotatable bonds is 4. The second-order valence-electron chi connectivity index (χ2n) is 8.05. The number of pyridine rings is 1. The zero-order chi connectivity index (χ0) is 19.1. The average molecular weight is 368 g/mol.